The number of benzene rings is 1. The fourth-order valence-corrected chi connectivity index (χ4v) is 3.10. The highest BCUT2D eigenvalue weighted by molar-refractivity contribution is 7.92. The highest BCUT2D eigenvalue weighted by Crippen LogP contribution is 2.23. The van der Waals surface area contributed by atoms with Gasteiger partial charge in [-0.2, -0.15) is 5.10 Å². The summed E-state index contributed by atoms with van der Waals surface area (Å²) in [6.07, 6.45) is 1.27. The molecule has 1 aromatic heterocycles. The van der Waals surface area contributed by atoms with Crippen LogP contribution in [0.2, 0.25) is 0 Å². The Morgan fingerprint density at radius 1 is 1.38 bits per heavy atom. The fourth-order valence-electron chi connectivity index (χ4n) is 1.79. The second kappa shape index (κ2) is 5.44. The van der Waals surface area contributed by atoms with Crippen LogP contribution in [0.15, 0.2) is 40.5 Å². The van der Waals surface area contributed by atoms with Gasteiger partial charge in [0.1, 0.15) is 4.90 Å². The first-order chi connectivity index (χ1) is 9.87. The lowest BCUT2D eigenvalue weighted by Gasteiger charge is -2.19. The van der Waals surface area contributed by atoms with Gasteiger partial charge in [0.15, 0.2) is 5.84 Å². The second-order valence-corrected chi connectivity index (χ2v) is 6.30. The molecule has 0 fully saturated rings. The van der Waals surface area contributed by atoms with E-state index in [2.05, 4.69) is 15.4 Å². The van der Waals surface area contributed by atoms with Gasteiger partial charge < -0.3 is 10.9 Å². The fraction of sp³-hybridized carbons (Fsp3) is 0.167. The van der Waals surface area contributed by atoms with E-state index in [0.29, 0.717) is 16.9 Å². The lowest BCUT2D eigenvalue weighted by Crippen LogP contribution is -2.27. The number of hydrogen-bond acceptors (Lipinski definition) is 5. The average Bonchev–Trinajstić information content (AvgIpc) is 2.92. The molecular formula is C12H15N5O3S. The molecule has 0 radical (unpaired) electrons. The van der Waals surface area contributed by atoms with Crippen LogP contribution in [0.4, 0.5) is 5.69 Å². The molecule has 0 saturated carbocycles. The van der Waals surface area contributed by atoms with Crippen LogP contribution in [0.3, 0.4) is 0 Å². The van der Waals surface area contributed by atoms with Crippen LogP contribution in [0.1, 0.15) is 11.3 Å². The molecule has 21 heavy (non-hydrogen) atoms. The largest absolute Gasteiger partial charge is 0.409 e. The molecule has 2 rings (SSSR count). The van der Waals surface area contributed by atoms with Crippen molar-refractivity contribution in [3.05, 3.63) is 41.7 Å². The van der Waals surface area contributed by atoms with Crippen LogP contribution in [0.25, 0.3) is 0 Å². The van der Waals surface area contributed by atoms with Crippen molar-refractivity contribution in [1.29, 1.82) is 0 Å². The Hall–Kier alpha value is -2.55. The molecule has 0 aliphatic rings. The number of hydrogen-bond donors (Lipinski definition) is 3. The number of anilines is 1. The van der Waals surface area contributed by atoms with Gasteiger partial charge in [-0.3, -0.25) is 9.40 Å². The highest BCUT2D eigenvalue weighted by Gasteiger charge is 2.24. The zero-order valence-corrected chi connectivity index (χ0v) is 12.3. The maximum atomic E-state index is 12.5. The molecule has 0 saturated heterocycles. The van der Waals surface area contributed by atoms with E-state index in [4.69, 9.17) is 10.9 Å². The Balaban J connectivity index is 2.36. The Kier molecular flexibility index (Phi) is 3.85. The van der Waals surface area contributed by atoms with E-state index in [0.717, 1.165) is 4.31 Å². The van der Waals surface area contributed by atoms with Crippen molar-refractivity contribution in [2.45, 2.75) is 11.8 Å². The smallest absolute Gasteiger partial charge is 0.267 e. The summed E-state index contributed by atoms with van der Waals surface area (Å²) in [6.45, 7) is 1.63. The Morgan fingerprint density at radius 2 is 2.00 bits per heavy atom. The van der Waals surface area contributed by atoms with Crippen LogP contribution in [0, 0.1) is 6.92 Å². The van der Waals surface area contributed by atoms with Crippen molar-refractivity contribution >= 4 is 21.5 Å². The average molecular weight is 309 g/mol. The molecule has 4 N–H and O–H groups in total. The van der Waals surface area contributed by atoms with Gasteiger partial charge in [0, 0.05) is 12.6 Å². The number of rotatable bonds is 4. The van der Waals surface area contributed by atoms with Crippen molar-refractivity contribution in [2.75, 3.05) is 11.4 Å². The van der Waals surface area contributed by atoms with Gasteiger partial charge in [-0.05, 0) is 31.2 Å². The maximum Gasteiger partial charge on any atom is 0.267 e. The van der Waals surface area contributed by atoms with Crippen molar-refractivity contribution < 1.29 is 13.6 Å². The van der Waals surface area contributed by atoms with Gasteiger partial charge in [0.25, 0.3) is 10.0 Å². The van der Waals surface area contributed by atoms with E-state index < -0.39 is 10.0 Å². The number of nitrogens with zero attached hydrogens (tertiary/aromatic N) is 3. The molecule has 0 unspecified atom stereocenters. The highest BCUT2D eigenvalue weighted by atomic mass is 32.2. The summed E-state index contributed by atoms with van der Waals surface area (Å²) in [6, 6.07) is 6.28. The third-order valence-electron chi connectivity index (χ3n) is 3.06. The third-order valence-corrected chi connectivity index (χ3v) is 4.96. The number of nitrogens with two attached hydrogens (primary N) is 1. The van der Waals surface area contributed by atoms with E-state index in [-0.39, 0.29) is 10.7 Å². The van der Waals surface area contributed by atoms with E-state index in [9.17, 15) is 8.42 Å². The van der Waals surface area contributed by atoms with Crippen LogP contribution in [-0.2, 0) is 10.0 Å². The molecular weight excluding hydrogens is 294 g/mol. The molecule has 9 heteroatoms. The summed E-state index contributed by atoms with van der Waals surface area (Å²) in [5.74, 6) is -0.0438. The monoisotopic (exact) mass is 309 g/mol. The van der Waals surface area contributed by atoms with Crippen LogP contribution < -0.4 is 10.0 Å². The van der Waals surface area contributed by atoms with Gasteiger partial charge in [0.05, 0.1) is 17.6 Å². The number of H-pyrrole nitrogens is 1. The second-order valence-electron chi connectivity index (χ2n) is 4.36. The van der Waals surface area contributed by atoms with Crippen LogP contribution in [-0.4, -0.2) is 36.7 Å². The zero-order chi connectivity index (χ0) is 15.6. The summed E-state index contributed by atoms with van der Waals surface area (Å²) >= 11 is 0. The van der Waals surface area contributed by atoms with E-state index in [1.54, 1.807) is 31.2 Å². The minimum Gasteiger partial charge on any atom is -0.409 e. The van der Waals surface area contributed by atoms with Gasteiger partial charge >= 0.3 is 0 Å². The molecule has 0 amide bonds. The van der Waals surface area contributed by atoms with Crippen molar-refractivity contribution in [1.82, 2.24) is 10.2 Å². The summed E-state index contributed by atoms with van der Waals surface area (Å²) in [4.78, 5) is 0.116. The van der Waals surface area contributed by atoms with Gasteiger partial charge in [-0.1, -0.05) is 5.16 Å². The first-order valence-electron chi connectivity index (χ1n) is 5.94. The summed E-state index contributed by atoms with van der Waals surface area (Å²) in [5, 5.41) is 17.8. The van der Waals surface area contributed by atoms with Gasteiger partial charge in [0.2, 0.25) is 0 Å². The third kappa shape index (κ3) is 2.68. The Labute approximate surface area is 121 Å². The quantitative estimate of drug-likeness (QED) is 0.331. The van der Waals surface area contributed by atoms with Crippen LogP contribution in [0.5, 0.6) is 0 Å². The van der Waals surface area contributed by atoms with Gasteiger partial charge in [-0.25, -0.2) is 8.42 Å². The number of aromatic nitrogens is 2. The van der Waals surface area contributed by atoms with Crippen molar-refractivity contribution in [3.8, 4) is 0 Å². The predicted molar refractivity (Wildman–Crippen MR) is 77.9 cm³/mol. The first kappa shape index (κ1) is 14.9. The number of aromatic amines is 1. The molecule has 1 heterocycles. The standard InChI is InChI=1S/C12H15N5O3S/c1-8-11(7-14-15-8)21(19,20)17(2)10-5-3-9(4-6-10)12(13)16-18/h3-7,18H,1-2H3,(H2,13,16)(H,14,15). The molecule has 1 aromatic carbocycles. The summed E-state index contributed by atoms with van der Waals surface area (Å²) in [5.41, 5.74) is 6.87. The molecule has 0 atom stereocenters. The number of sulfonamides is 1. The SMILES string of the molecule is Cc1[nH]ncc1S(=O)(=O)N(C)c1ccc(C(N)=NO)cc1. The molecule has 0 spiro atoms. The lowest BCUT2D eigenvalue weighted by atomic mass is 10.2. The number of amidine groups is 1. The van der Waals surface area contributed by atoms with E-state index >= 15 is 0 Å². The molecule has 0 aliphatic heterocycles. The van der Waals surface area contributed by atoms with E-state index in [1.165, 1.54) is 13.2 Å². The molecule has 0 bridgehead atoms. The molecule has 112 valence electrons. The number of aryl methyl sites for hydroxylation is 1. The lowest BCUT2D eigenvalue weighted by molar-refractivity contribution is 0.318. The number of oxime groups is 1. The molecule has 2 aromatic rings. The Bertz CT molecular complexity index is 764. The Morgan fingerprint density at radius 3 is 2.48 bits per heavy atom. The van der Waals surface area contributed by atoms with Crippen molar-refractivity contribution in [3.63, 3.8) is 0 Å². The summed E-state index contributed by atoms with van der Waals surface area (Å²) in [7, 11) is -2.24. The summed E-state index contributed by atoms with van der Waals surface area (Å²) < 4.78 is 26.1. The topological polar surface area (TPSA) is 125 Å². The maximum absolute atomic E-state index is 12.5. The van der Waals surface area contributed by atoms with Gasteiger partial charge in [-0.15, -0.1) is 0 Å². The van der Waals surface area contributed by atoms with Crippen molar-refractivity contribution in [2.24, 2.45) is 10.9 Å². The molecule has 0 aliphatic carbocycles. The molecule has 8 nitrogen and oxygen atoms in total. The minimum absolute atomic E-state index is 0.0438. The normalized spacial score (nSPS) is 12.4. The first-order valence-corrected chi connectivity index (χ1v) is 7.39. The van der Waals surface area contributed by atoms with E-state index in [1.807, 2.05) is 0 Å². The number of nitrogens with one attached hydrogen (secondary N) is 1. The van der Waals surface area contributed by atoms with Crippen LogP contribution >= 0.6 is 0 Å². The zero-order valence-electron chi connectivity index (χ0n) is 11.5. The predicted octanol–water partition coefficient (Wildman–Crippen LogP) is 0.638. The minimum atomic E-state index is -3.69.